The molecule has 7 nitrogen and oxygen atoms in total. The van der Waals surface area contributed by atoms with Crippen LogP contribution >= 0.6 is 22.6 Å². The second-order valence-corrected chi connectivity index (χ2v) is 11.9. The number of hydrogen-bond acceptors (Lipinski definition) is 4. The van der Waals surface area contributed by atoms with Gasteiger partial charge in [0.05, 0.1) is 11.9 Å². The monoisotopic (exact) mass is 597 g/mol. The van der Waals surface area contributed by atoms with Crippen LogP contribution in [0.5, 0.6) is 0 Å². The van der Waals surface area contributed by atoms with Gasteiger partial charge in [-0.25, -0.2) is 8.42 Å². The van der Waals surface area contributed by atoms with Gasteiger partial charge in [-0.2, -0.15) is 0 Å². The summed E-state index contributed by atoms with van der Waals surface area (Å²) in [6, 6.07) is 15.7. The maximum Gasteiger partial charge on any atom is 0.244 e. The molecule has 34 heavy (non-hydrogen) atoms. The molecule has 1 N–H and O–H groups in total. The zero-order valence-corrected chi connectivity index (χ0v) is 22.6. The number of carbonyl (C=O) groups is 2. The Hall–Kier alpha value is -2.14. The molecule has 0 spiro atoms. The van der Waals surface area contributed by atoms with E-state index in [2.05, 4.69) is 27.9 Å². The molecule has 0 radical (unpaired) electrons. The average Bonchev–Trinajstić information content (AvgIpc) is 2.81. The third-order valence-corrected chi connectivity index (χ3v) is 7.97. The maximum atomic E-state index is 13.5. The number of rotatable bonds is 9. The molecule has 2 amide bonds. The highest BCUT2D eigenvalue weighted by Crippen LogP contribution is 2.21. The van der Waals surface area contributed by atoms with Crippen LogP contribution in [0.25, 0.3) is 0 Å². The van der Waals surface area contributed by atoms with Crippen LogP contribution in [0.2, 0.25) is 0 Å². The molecule has 0 heterocycles. The summed E-state index contributed by atoms with van der Waals surface area (Å²) >= 11 is 2.14. The van der Waals surface area contributed by atoms with Crippen LogP contribution in [0.1, 0.15) is 44.6 Å². The van der Waals surface area contributed by atoms with Gasteiger partial charge in [-0.05, 0) is 72.2 Å². The first kappa shape index (κ1) is 26.5. The van der Waals surface area contributed by atoms with E-state index in [9.17, 15) is 18.0 Å². The number of benzene rings is 2. The lowest BCUT2D eigenvalue weighted by atomic mass is 9.95. The van der Waals surface area contributed by atoms with E-state index in [1.807, 2.05) is 30.3 Å². The lowest BCUT2D eigenvalue weighted by Gasteiger charge is -2.33. The Kier molecular flexibility index (Phi) is 9.35. The summed E-state index contributed by atoms with van der Waals surface area (Å²) < 4.78 is 27.2. The highest BCUT2D eigenvalue weighted by atomic mass is 127. The fourth-order valence-electron chi connectivity index (χ4n) is 4.15. The van der Waals surface area contributed by atoms with Gasteiger partial charge in [0.25, 0.3) is 0 Å². The summed E-state index contributed by atoms with van der Waals surface area (Å²) in [7, 11) is -3.72. The molecule has 0 saturated heterocycles. The summed E-state index contributed by atoms with van der Waals surface area (Å²) in [5.74, 6) is -0.643. The van der Waals surface area contributed by atoms with Crippen LogP contribution in [0.15, 0.2) is 54.6 Å². The average molecular weight is 598 g/mol. The minimum atomic E-state index is -3.72. The number of nitrogens with zero attached hydrogens (tertiary/aromatic N) is 2. The van der Waals surface area contributed by atoms with Gasteiger partial charge >= 0.3 is 0 Å². The molecular weight excluding hydrogens is 565 g/mol. The third-order valence-electron chi connectivity index (χ3n) is 6.11. The standard InChI is InChI=1S/C25H32IN3O4S/c1-19(25(31)27-22-11-7-4-8-12-22)28(17-20-9-5-3-6-10-20)24(30)18-29(34(2,32)33)23-15-13-21(26)14-16-23/h3,5-6,9-10,13-16,19,22H,4,7-8,11-12,17-18H2,1-2H3,(H,27,31)/t19-/m1/s1. The summed E-state index contributed by atoms with van der Waals surface area (Å²) in [5, 5.41) is 3.10. The Balaban J connectivity index is 1.83. The van der Waals surface area contributed by atoms with Crippen molar-refractivity contribution in [3.8, 4) is 0 Å². The lowest BCUT2D eigenvalue weighted by Crippen LogP contribution is -2.52. The normalized spacial score (nSPS) is 15.4. The Morgan fingerprint density at radius 1 is 1.03 bits per heavy atom. The van der Waals surface area contributed by atoms with Gasteiger partial charge < -0.3 is 10.2 Å². The number of halogens is 1. The van der Waals surface area contributed by atoms with Crippen molar-refractivity contribution in [2.75, 3.05) is 17.1 Å². The molecule has 9 heteroatoms. The van der Waals surface area contributed by atoms with E-state index >= 15 is 0 Å². The van der Waals surface area contributed by atoms with Gasteiger partial charge in [-0.3, -0.25) is 13.9 Å². The van der Waals surface area contributed by atoms with Crippen LogP contribution in [0.4, 0.5) is 5.69 Å². The first-order valence-electron chi connectivity index (χ1n) is 11.5. The van der Waals surface area contributed by atoms with Gasteiger partial charge in [0.2, 0.25) is 21.8 Å². The van der Waals surface area contributed by atoms with Crippen molar-refractivity contribution < 1.29 is 18.0 Å². The second kappa shape index (κ2) is 12.0. The molecule has 1 atom stereocenters. The van der Waals surface area contributed by atoms with Crippen LogP contribution in [-0.2, 0) is 26.2 Å². The van der Waals surface area contributed by atoms with Crippen molar-refractivity contribution in [2.45, 2.75) is 57.7 Å². The molecular formula is C25H32IN3O4S. The maximum absolute atomic E-state index is 13.5. The Labute approximate surface area is 216 Å². The number of carbonyl (C=O) groups excluding carboxylic acids is 2. The van der Waals surface area contributed by atoms with E-state index in [1.165, 1.54) is 11.3 Å². The second-order valence-electron chi connectivity index (χ2n) is 8.77. The molecule has 0 bridgehead atoms. The highest BCUT2D eigenvalue weighted by molar-refractivity contribution is 14.1. The van der Waals surface area contributed by atoms with Crippen molar-refractivity contribution in [1.29, 1.82) is 0 Å². The van der Waals surface area contributed by atoms with Crippen molar-refractivity contribution in [3.05, 3.63) is 63.7 Å². The molecule has 1 fully saturated rings. The zero-order valence-electron chi connectivity index (χ0n) is 19.6. The number of anilines is 1. The van der Waals surface area contributed by atoms with Gasteiger partial charge in [0.15, 0.2) is 0 Å². The van der Waals surface area contributed by atoms with Crippen molar-refractivity contribution in [1.82, 2.24) is 10.2 Å². The van der Waals surface area contributed by atoms with E-state index < -0.39 is 22.0 Å². The van der Waals surface area contributed by atoms with Gasteiger partial charge in [0, 0.05) is 16.2 Å². The van der Waals surface area contributed by atoms with Gasteiger partial charge in [0.1, 0.15) is 12.6 Å². The molecule has 2 aromatic carbocycles. The van der Waals surface area contributed by atoms with E-state index in [-0.39, 0.29) is 25.0 Å². The number of sulfonamides is 1. The lowest BCUT2D eigenvalue weighted by molar-refractivity contribution is -0.139. The van der Waals surface area contributed by atoms with Crippen molar-refractivity contribution >= 4 is 50.1 Å². The number of hydrogen-bond donors (Lipinski definition) is 1. The van der Waals surface area contributed by atoms with Crippen LogP contribution in [0, 0.1) is 3.57 Å². The van der Waals surface area contributed by atoms with Gasteiger partial charge in [-0.1, -0.05) is 49.6 Å². The van der Waals surface area contributed by atoms with Crippen LogP contribution in [-0.4, -0.2) is 50.0 Å². The minimum Gasteiger partial charge on any atom is -0.352 e. The Morgan fingerprint density at radius 3 is 2.24 bits per heavy atom. The summed E-state index contributed by atoms with van der Waals surface area (Å²) in [4.78, 5) is 28.1. The molecule has 1 aliphatic rings. The van der Waals surface area contributed by atoms with Gasteiger partial charge in [-0.15, -0.1) is 0 Å². The number of amides is 2. The molecule has 0 aliphatic heterocycles. The fraction of sp³-hybridized carbons (Fsp3) is 0.440. The third kappa shape index (κ3) is 7.43. The predicted octanol–water partition coefficient (Wildman–Crippen LogP) is 3.92. The molecule has 3 rings (SSSR count). The molecule has 1 aliphatic carbocycles. The molecule has 1 saturated carbocycles. The highest BCUT2D eigenvalue weighted by Gasteiger charge is 2.31. The largest absolute Gasteiger partial charge is 0.352 e. The molecule has 2 aromatic rings. The topological polar surface area (TPSA) is 86.8 Å². The van der Waals surface area contributed by atoms with Crippen LogP contribution < -0.4 is 9.62 Å². The minimum absolute atomic E-state index is 0.122. The van der Waals surface area contributed by atoms with E-state index in [0.29, 0.717) is 5.69 Å². The Bertz CT molecular complexity index is 1070. The first-order valence-corrected chi connectivity index (χ1v) is 14.4. The number of nitrogens with one attached hydrogen (secondary N) is 1. The zero-order chi connectivity index (χ0) is 24.7. The predicted molar refractivity (Wildman–Crippen MR) is 143 cm³/mol. The van der Waals surface area contributed by atoms with E-state index in [1.54, 1.807) is 31.2 Å². The summed E-state index contributed by atoms with van der Waals surface area (Å²) in [6.45, 7) is 1.53. The van der Waals surface area contributed by atoms with E-state index in [4.69, 9.17) is 0 Å². The molecule has 0 aromatic heterocycles. The molecule has 184 valence electrons. The quantitative estimate of drug-likeness (QED) is 0.444. The smallest absolute Gasteiger partial charge is 0.244 e. The van der Waals surface area contributed by atoms with Crippen molar-refractivity contribution in [2.24, 2.45) is 0 Å². The van der Waals surface area contributed by atoms with E-state index in [0.717, 1.165) is 45.4 Å². The molecule has 0 unspecified atom stereocenters. The summed E-state index contributed by atoms with van der Waals surface area (Å²) in [6.07, 6.45) is 6.33. The first-order chi connectivity index (χ1) is 16.1. The summed E-state index contributed by atoms with van der Waals surface area (Å²) in [5.41, 5.74) is 1.28. The van der Waals surface area contributed by atoms with Crippen molar-refractivity contribution in [3.63, 3.8) is 0 Å². The fourth-order valence-corrected chi connectivity index (χ4v) is 5.36. The van der Waals surface area contributed by atoms with Crippen LogP contribution in [0.3, 0.4) is 0 Å². The SMILES string of the molecule is C[C@H](C(=O)NC1CCCCC1)N(Cc1ccccc1)C(=O)CN(c1ccc(I)cc1)S(C)(=O)=O. The Morgan fingerprint density at radius 2 is 1.65 bits per heavy atom.